The predicted octanol–water partition coefficient (Wildman–Crippen LogP) is 5.71. The van der Waals surface area contributed by atoms with Crippen molar-refractivity contribution in [1.82, 2.24) is 50.6 Å². The highest BCUT2D eigenvalue weighted by atomic mass is 16.5. The smallest absolute Gasteiger partial charge is 0.407 e. The van der Waals surface area contributed by atoms with Crippen LogP contribution in [0.1, 0.15) is 75.1 Å². The number of amides is 4. The average Bonchev–Trinajstić information content (AvgIpc) is 4.20. The Bertz CT molecular complexity index is 2460. The number of likely N-dealkylation sites (tertiary alicyclic amines) is 2. The van der Waals surface area contributed by atoms with Crippen LogP contribution in [0.4, 0.5) is 9.59 Å². The minimum atomic E-state index is -0.707. The summed E-state index contributed by atoms with van der Waals surface area (Å²) >= 11 is 0. The number of hydrogen-bond donors (Lipinski definition) is 4. The molecule has 18 nitrogen and oxygen atoms in total. The van der Waals surface area contributed by atoms with Crippen molar-refractivity contribution in [3.8, 4) is 33.9 Å². The van der Waals surface area contributed by atoms with Crippen LogP contribution in [0.25, 0.3) is 44.7 Å². The van der Waals surface area contributed by atoms with Crippen molar-refractivity contribution >= 4 is 34.8 Å². The van der Waals surface area contributed by atoms with Gasteiger partial charge in [0, 0.05) is 50.6 Å². The molecule has 0 aliphatic carbocycles. The highest BCUT2D eigenvalue weighted by Gasteiger charge is 2.42. The Morgan fingerprint density at radius 2 is 1.09 bits per heavy atom. The molecule has 336 valence electrons. The van der Waals surface area contributed by atoms with Crippen molar-refractivity contribution in [3.05, 3.63) is 72.6 Å². The first-order valence-electron chi connectivity index (χ1n) is 22.2. The van der Waals surface area contributed by atoms with E-state index in [4.69, 9.17) is 23.9 Å². The number of imidazole rings is 2. The van der Waals surface area contributed by atoms with Crippen LogP contribution in [-0.4, -0.2) is 130 Å². The molecule has 3 aromatic heterocycles. The lowest BCUT2D eigenvalue weighted by molar-refractivity contribution is -0.137. The second-order valence-electron chi connectivity index (χ2n) is 17.0. The van der Waals surface area contributed by atoms with Gasteiger partial charge in [-0.15, -0.1) is 10.2 Å². The van der Waals surface area contributed by atoms with Crippen LogP contribution >= 0.6 is 0 Å². The van der Waals surface area contributed by atoms with Crippen molar-refractivity contribution in [3.63, 3.8) is 0 Å². The van der Waals surface area contributed by atoms with Gasteiger partial charge in [-0.3, -0.25) is 9.59 Å². The molecule has 7 heterocycles. The number of fused-ring (bicyclic) bond motifs is 1. The van der Waals surface area contributed by atoms with Gasteiger partial charge >= 0.3 is 12.2 Å². The number of alkyl carbamates (subject to hydrolysis) is 2. The Balaban J connectivity index is 0.862. The number of rotatable bonds is 11. The zero-order valence-corrected chi connectivity index (χ0v) is 36.1. The van der Waals surface area contributed by atoms with Gasteiger partial charge in [-0.05, 0) is 98.2 Å². The molecule has 0 spiro atoms. The molecule has 5 aromatic rings. The van der Waals surface area contributed by atoms with Gasteiger partial charge in [0.25, 0.3) is 0 Å². The molecule has 4 atom stereocenters. The maximum Gasteiger partial charge on any atom is 0.407 e. The van der Waals surface area contributed by atoms with Gasteiger partial charge < -0.3 is 49.3 Å². The van der Waals surface area contributed by atoms with E-state index in [-0.39, 0.29) is 35.7 Å². The van der Waals surface area contributed by atoms with E-state index < -0.39 is 24.3 Å². The summed E-state index contributed by atoms with van der Waals surface area (Å²) in [7, 11) is 2.60. The summed E-state index contributed by atoms with van der Waals surface area (Å²) in [5.41, 5.74) is 4.76. The molecule has 4 aliphatic heterocycles. The summed E-state index contributed by atoms with van der Waals surface area (Å²) < 4.78 is 20.8. The molecule has 0 radical (unpaired) electrons. The summed E-state index contributed by atoms with van der Waals surface area (Å²) in [5.74, 6) is 1.03. The highest BCUT2D eigenvalue weighted by molar-refractivity contribution is 5.90. The molecule has 4 amide bonds. The van der Waals surface area contributed by atoms with Crippen molar-refractivity contribution < 1.29 is 38.1 Å². The lowest BCUT2D eigenvalue weighted by Crippen LogP contribution is -2.53. The van der Waals surface area contributed by atoms with Gasteiger partial charge in [0.05, 0.1) is 55.8 Å². The number of H-pyrrole nitrogens is 2. The summed E-state index contributed by atoms with van der Waals surface area (Å²) in [6.07, 6.45) is 8.17. The first kappa shape index (κ1) is 42.9. The minimum Gasteiger partial charge on any atom is -0.453 e. The van der Waals surface area contributed by atoms with Crippen LogP contribution in [0.15, 0.2) is 60.9 Å². The number of hydrogen-bond acceptors (Lipinski definition) is 12. The van der Waals surface area contributed by atoms with Gasteiger partial charge in [0.2, 0.25) is 11.8 Å². The SMILES string of the molecule is COC(=O)NC(C(=O)N1CCCC1c1ncc(-c2ccc3cc(-c4ccc(-c5cnc(C6CCCN6C(=O)C(NC(=O)OC)C6CCOCC6)[nH]5)nn4)ccc3c2)[nH]1)C1CCOCC1. The molecule has 4 saturated heterocycles. The Morgan fingerprint density at radius 3 is 1.61 bits per heavy atom. The van der Waals surface area contributed by atoms with Crippen molar-refractivity contribution in [2.24, 2.45) is 11.8 Å². The number of carbonyl (C=O) groups excluding carboxylic acids is 4. The second-order valence-corrected chi connectivity index (χ2v) is 17.0. The Morgan fingerprint density at radius 1 is 0.625 bits per heavy atom. The Labute approximate surface area is 370 Å². The molecular formula is C46H54N10O8. The minimum absolute atomic E-state index is 0.0365. The second kappa shape index (κ2) is 19.1. The van der Waals surface area contributed by atoms with E-state index in [1.54, 1.807) is 6.20 Å². The number of carbonyl (C=O) groups is 4. The topological polar surface area (TPSA) is 219 Å². The lowest BCUT2D eigenvalue weighted by atomic mass is 9.90. The summed E-state index contributed by atoms with van der Waals surface area (Å²) in [5, 5.41) is 16.8. The predicted molar refractivity (Wildman–Crippen MR) is 233 cm³/mol. The fourth-order valence-corrected chi connectivity index (χ4v) is 9.71. The summed E-state index contributed by atoms with van der Waals surface area (Å²) in [4.78, 5) is 72.5. The normalized spacial score (nSPS) is 20.5. The Kier molecular flexibility index (Phi) is 12.8. The number of aromatic amines is 2. The third kappa shape index (κ3) is 9.01. The number of ether oxygens (including phenoxy) is 4. The van der Waals surface area contributed by atoms with E-state index in [0.717, 1.165) is 53.3 Å². The van der Waals surface area contributed by atoms with Crippen LogP contribution in [0.5, 0.6) is 0 Å². The maximum atomic E-state index is 14.0. The van der Waals surface area contributed by atoms with Gasteiger partial charge in [0.15, 0.2) is 0 Å². The number of nitrogens with zero attached hydrogens (tertiary/aromatic N) is 6. The first-order valence-corrected chi connectivity index (χ1v) is 22.2. The first-order chi connectivity index (χ1) is 31.3. The molecule has 2 aromatic carbocycles. The lowest BCUT2D eigenvalue weighted by Gasteiger charge is -2.34. The van der Waals surface area contributed by atoms with Crippen LogP contribution in [-0.2, 0) is 28.5 Å². The fourth-order valence-electron chi connectivity index (χ4n) is 9.71. The zero-order chi connectivity index (χ0) is 44.2. The number of benzene rings is 2. The standard InChI is InChI=1S/C46H54N10O8/c1-61-45(59)51-39(27-13-19-63-20-14-27)43(57)55-17-3-5-37(55)41-47-25-35(49-41)32-10-8-29-23-31(9-7-30(29)24-32)33-11-12-34(54-53-33)36-26-48-42(50-36)38-6-4-18-56(38)44(58)40(52-46(60)62-2)28-15-21-64-22-16-28/h7-12,23-28,37-40H,3-6,13-22H2,1-2H3,(H,47,49)(H,48,50)(H,51,59)(H,52,60). The quantitative estimate of drug-likeness (QED) is 0.126. The van der Waals surface area contributed by atoms with Gasteiger partial charge in [-0.1, -0.05) is 24.3 Å². The van der Waals surface area contributed by atoms with E-state index in [9.17, 15) is 19.2 Å². The molecule has 64 heavy (non-hydrogen) atoms. The van der Waals surface area contributed by atoms with Gasteiger partial charge in [-0.2, -0.15) is 0 Å². The molecule has 0 bridgehead atoms. The van der Waals surface area contributed by atoms with Crippen LogP contribution in [0.2, 0.25) is 0 Å². The largest absolute Gasteiger partial charge is 0.453 e. The zero-order valence-electron chi connectivity index (χ0n) is 36.1. The molecule has 4 N–H and O–H groups in total. The molecule has 18 heteroatoms. The van der Waals surface area contributed by atoms with Gasteiger partial charge in [0.1, 0.15) is 29.4 Å². The highest BCUT2D eigenvalue weighted by Crippen LogP contribution is 2.36. The number of nitrogens with one attached hydrogen (secondary N) is 4. The van der Waals surface area contributed by atoms with Crippen molar-refractivity contribution in [2.45, 2.75) is 75.5 Å². The maximum absolute atomic E-state index is 14.0. The van der Waals surface area contributed by atoms with Crippen LogP contribution in [0.3, 0.4) is 0 Å². The molecule has 4 unspecified atom stereocenters. The summed E-state index contributed by atoms with van der Waals surface area (Å²) in [6.45, 7) is 3.34. The van der Waals surface area contributed by atoms with Gasteiger partial charge in [-0.25, -0.2) is 19.6 Å². The molecular weight excluding hydrogens is 821 g/mol. The van der Waals surface area contributed by atoms with Crippen molar-refractivity contribution in [1.29, 1.82) is 0 Å². The van der Waals surface area contributed by atoms with E-state index in [0.29, 0.717) is 93.9 Å². The van der Waals surface area contributed by atoms with Crippen LogP contribution < -0.4 is 10.6 Å². The summed E-state index contributed by atoms with van der Waals surface area (Å²) in [6, 6.07) is 14.3. The van der Waals surface area contributed by atoms with E-state index in [2.05, 4.69) is 60.0 Å². The molecule has 0 saturated carbocycles. The molecule has 4 fully saturated rings. The Hall–Kier alpha value is -6.40. The average molecular weight is 875 g/mol. The number of methoxy groups -OCH3 is 2. The van der Waals surface area contributed by atoms with E-state index in [1.807, 2.05) is 40.3 Å². The third-order valence-electron chi connectivity index (χ3n) is 13.2. The van der Waals surface area contributed by atoms with E-state index >= 15 is 0 Å². The fraction of sp³-hybridized carbons (Fsp3) is 0.478. The van der Waals surface area contributed by atoms with Crippen LogP contribution in [0, 0.1) is 11.8 Å². The molecule has 4 aliphatic rings. The van der Waals surface area contributed by atoms with E-state index in [1.165, 1.54) is 14.2 Å². The van der Waals surface area contributed by atoms with Crippen molar-refractivity contribution in [2.75, 3.05) is 53.7 Å². The molecule has 9 rings (SSSR count). The monoisotopic (exact) mass is 874 g/mol. The third-order valence-corrected chi connectivity index (χ3v) is 13.2. The number of aromatic nitrogens is 6.